The van der Waals surface area contributed by atoms with Crippen molar-refractivity contribution in [3.05, 3.63) is 0 Å². The Labute approximate surface area is 103 Å². The van der Waals surface area contributed by atoms with Crippen molar-refractivity contribution in [1.82, 2.24) is 13.3 Å². The Morgan fingerprint density at radius 1 is 1.29 bits per heavy atom. The molecule has 1 N–H and O–H groups in total. The molecular weight excluding hydrogens is 266 g/mol. The third kappa shape index (κ3) is 3.88. The summed E-state index contributed by atoms with van der Waals surface area (Å²) < 4.78 is 50.7. The van der Waals surface area contributed by atoms with Crippen LogP contribution in [-0.4, -0.2) is 64.9 Å². The summed E-state index contributed by atoms with van der Waals surface area (Å²) in [6, 6.07) is -0.278. The van der Waals surface area contributed by atoms with Crippen molar-refractivity contribution >= 4 is 20.2 Å². The average molecular weight is 285 g/mol. The minimum atomic E-state index is -3.49. The van der Waals surface area contributed by atoms with E-state index in [2.05, 4.69) is 4.72 Å². The minimum Gasteiger partial charge on any atom is -0.212 e. The van der Waals surface area contributed by atoms with Gasteiger partial charge in [-0.15, -0.1) is 0 Å². The molecule has 1 aliphatic rings. The smallest absolute Gasteiger partial charge is 0.212 e. The molecule has 0 aromatic heterocycles. The maximum absolute atomic E-state index is 11.5. The summed E-state index contributed by atoms with van der Waals surface area (Å²) in [5, 5.41) is 0. The quantitative estimate of drug-likeness (QED) is 0.688. The van der Waals surface area contributed by atoms with Crippen LogP contribution in [0.4, 0.5) is 0 Å². The highest BCUT2D eigenvalue weighted by atomic mass is 32.2. The zero-order valence-electron chi connectivity index (χ0n) is 10.2. The average Bonchev–Trinajstić information content (AvgIpc) is 2.61. The lowest BCUT2D eigenvalue weighted by Gasteiger charge is -2.23. The highest BCUT2D eigenvalue weighted by molar-refractivity contribution is 7.88. The molecule has 9 heteroatoms. The second-order valence-corrected chi connectivity index (χ2v) is 8.21. The molecule has 1 heterocycles. The fourth-order valence-electron chi connectivity index (χ4n) is 1.78. The van der Waals surface area contributed by atoms with Crippen molar-refractivity contribution in [1.29, 1.82) is 0 Å². The van der Waals surface area contributed by atoms with Gasteiger partial charge in [-0.3, -0.25) is 0 Å². The van der Waals surface area contributed by atoms with Gasteiger partial charge in [-0.2, -0.15) is 17.0 Å². The first-order valence-corrected chi connectivity index (χ1v) is 8.57. The Morgan fingerprint density at radius 3 is 2.35 bits per heavy atom. The molecule has 0 amide bonds. The summed E-state index contributed by atoms with van der Waals surface area (Å²) in [4.78, 5) is 0. The monoisotopic (exact) mass is 285 g/mol. The standard InChI is InChI=1S/C8H19N3O4S2/c1-10(2)17(14,15)9-7-8-5-4-6-11(8)16(3,12)13/h8-9H,4-7H2,1-3H3. The predicted molar refractivity (Wildman–Crippen MR) is 65.2 cm³/mol. The zero-order chi connectivity index (χ0) is 13.3. The molecule has 0 saturated carbocycles. The molecule has 0 aromatic carbocycles. The first-order valence-electron chi connectivity index (χ1n) is 5.28. The number of hydrogen-bond acceptors (Lipinski definition) is 4. The van der Waals surface area contributed by atoms with Crippen molar-refractivity contribution < 1.29 is 16.8 Å². The summed E-state index contributed by atoms with van der Waals surface area (Å²) in [7, 11) is -3.90. The van der Waals surface area contributed by atoms with Gasteiger partial charge in [-0.05, 0) is 12.8 Å². The third-order valence-corrected chi connectivity index (χ3v) is 5.56. The largest absolute Gasteiger partial charge is 0.278 e. The molecule has 7 nitrogen and oxygen atoms in total. The van der Waals surface area contributed by atoms with Gasteiger partial charge in [-0.1, -0.05) is 0 Å². The van der Waals surface area contributed by atoms with Gasteiger partial charge in [0.1, 0.15) is 0 Å². The van der Waals surface area contributed by atoms with Crippen molar-refractivity contribution in [2.24, 2.45) is 0 Å². The Balaban J connectivity index is 2.65. The summed E-state index contributed by atoms with van der Waals surface area (Å²) >= 11 is 0. The Bertz CT molecular complexity index is 457. The molecule has 1 fully saturated rings. The highest BCUT2D eigenvalue weighted by Crippen LogP contribution is 2.19. The van der Waals surface area contributed by atoms with Crippen LogP contribution in [0.3, 0.4) is 0 Å². The second-order valence-electron chi connectivity index (χ2n) is 4.31. The van der Waals surface area contributed by atoms with Gasteiger partial charge in [-0.25, -0.2) is 13.1 Å². The minimum absolute atomic E-state index is 0.119. The summed E-state index contributed by atoms with van der Waals surface area (Å²) in [5.41, 5.74) is 0. The van der Waals surface area contributed by atoms with Crippen molar-refractivity contribution in [2.45, 2.75) is 18.9 Å². The van der Waals surface area contributed by atoms with E-state index in [1.165, 1.54) is 18.4 Å². The van der Waals surface area contributed by atoms with Crippen LogP contribution in [0.1, 0.15) is 12.8 Å². The third-order valence-electron chi connectivity index (χ3n) is 2.73. The number of hydrogen-bond donors (Lipinski definition) is 1. The van der Waals surface area contributed by atoms with E-state index < -0.39 is 20.2 Å². The first-order chi connectivity index (χ1) is 7.64. The normalized spacial score (nSPS) is 23.4. The van der Waals surface area contributed by atoms with Crippen LogP contribution in [-0.2, 0) is 20.2 Å². The highest BCUT2D eigenvalue weighted by Gasteiger charge is 2.32. The van der Waals surface area contributed by atoms with E-state index in [-0.39, 0.29) is 12.6 Å². The van der Waals surface area contributed by atoms with Gasteiger partial charge < -0.3 is 0 Å². The maximum atomic E-state index is 11.5. The Hall–Kier alpha value is -0.220. The molecule has 1 aliphatic heterocycles. The van der Waals surface area contributed by atoms with Gasteiger partial charge in [0.25, 0.3) is 10.2 Å². The van der Waals surface area contributed by atoms with E-state index in [0.717, 1.165) is 17.0 Å². The molecule has 0 bridgehead atoms. The lowest BCUT2D eigenvalue weighted by Crippen LogP contribution is -2.45. The molecule has 1 saturated heterocycles. The predicted octanol–water partition coefficient (Wildman–Crippen LogP) is -1.19. The number of nitrogens with one attached hydrogen (secondary N) is 1. The molecule has 0 spiro atoms. The van der Waals surface area contributed by atoms with Crippen molar-refractivity contribution in [3.8, 4) is 0 Å². The first kappa shape index (κ1) is 14.8. The molecule has 1 rings (SSSR count). The van der Waals surface area contributed by atoms with Crippen molar-refractivity contribution in [2.75, 3.05) is 33.4 Å². The SMILES string of the molecule is CN(C)S(=O)(=O)NCC1CCCN1S(C)(=O)=O. The van der Waals surface area contributed by atoms with Crippen molar-refractivity contribution in [3.63, 3.8) is 0 Å². The van der Waals surface area contributed by atoms with E-state index in [9.17, 15) is 16.8 Å². The molecule has 0 aliphatic carbocycles. The summed E-state index contributed by atoms with van der Waals surface area (Å²) in [6.45, 7) is 0.584. The number of sulfonamides is 1. The fourth-order valence-corrected chi connectivity index (χ4v) is 3.62. The van der Waals surface area contributed by atoms with E-state index in [0.29, 0.717) is 13.0 Å². The Kier molecular flexibility index (Phi) is 4.53. The van der Waals surface area contributed by atoms with Crippen LogP contribution in [0.25, 0.3) is 0 Å². The molecule has 1 unspecified atom stereocenters. The lowest BCUT2D eigenvalue weighted by atomic mass is 10.2. The van der Waals surface area contributed by atoms with E-state index in [1.54, 1.807) is 0 Å². The van der Waals surface area contributed by atoms with Crippen LogP contribution in [0.2, 0.25) is 0 Å². The molecule has 1 atom stereocenters. The zero-order valence-corrected chi connectivity index (χ0v) is 11.9. The molecule has 0 radical (unpaired) electrons. The topological polar surface area (TPSA) is 86.8 Å². The van der Waals surface area contributed by atoms with Gasteiger partial charge >= 0.3 is 0 Å². The summed E-state index contributed by atoms with van der Waals surface area (Å²) in [5.74, 6) is 0. The van der Waals surface area contributed by atoms with Gasteiger partial charge in [0.05, 0.1) is 6.26 Å². The summed E-state index contributed by atoms with van der Waals surface area (Å²) in [6.07, 6.45) is 2.59. The lowest BCUT2D eigenvalue weighted by molar-refractivity contribution is 0.384. The maximum Gasteiger partial charge on any atom is 0.278 e. The number of nitrogens with zero attached hydrogens (tertiary/aromatic N) is 2. The van der Waals surface area contributed by atoms with Gasteiger partial charge in [0, 0.05) is 33.2 Å². The number of rotatable bonds is 5. The van der Waals surface area contributed by atoms with E-state index in [4.69, 9.17) is 0 Å². The molecular formula is C8H19N3O4S2. The van der Waals surface area contributed by atoms with E-state index >= 15 is 0 Å². The van der Waals surface area contributed by atoms with Gasteiger partial charge in [0.2, 0.25) is 10.0 Å². The molecule has 17 heavy (non-hydrogen) atoms. The van der Waals surface area contributed by atoms with E-state index in [1.807, 2.05) is 0 Å². The van der Waals surface area contributed by atoms with Crippen LogP contribution in [0.5, 0.6) is 0 Å². The van der Waals surface area contributed by atoms with Crippen LogP contribution in [0, 0.1) is 0 Å². The van der Waals surface area contributed by atoms with Crippen LogP contribution in [0.15, 0.2) is 0 Å². The fraction of sp³-hybridized carbons (Fsp3) is 1.00. The molecule has 102 valence electrons. The Morgan fingerprint density at radius 2 is 1.88 bits per heavy atom. The van der Waals surface area contributed by atoms with Crippen LogP contribution >= 0.6 is 0 Å². The molecule has 0 aromatic rings. The van der Waals surface area contributed by atoms with Crippen LogP contribution < -0.4 is 4.72 Å². The van der Waals surface area contributed by atoms with Gasteiger partial charge in [0.15, 0.2) is 0 Å². The second kappa shape index (κ2) is 5.19.